The summed E-state index contributed by atoms with van der Waals surface area (Å²) in [6.07, 6.45) is 78.2. The Balaban J connectivity index is 3.44. The largest absolute Gasteiger partial charge is 0.394 e. The molecule has 0 aromatic rings. The molecule has 0 bridgehead atoms. The van der Waals surface area contributed by atoms with Crippen molar-refractivity contribution < 1.29 is 15.0 Å². The molecule has 0 aliphatic heterocycles. The molecule has 0 aliphatic rings. The van der Waals surface area contributed by atoms with Crippen molar-refractivity contribution in [2.45, 2.75) is 328 Å². The zero-order chi connectivity index (χ0) is 47.0. The minimum Gasteiger partial charge on any atom is -0.394 e. The average molecular weight is 911 g/mol. The maximum Gasteiger partial charge on any atom is 0.220 e. The number of rotatable bonds is 54. The number of carbonyl (C=O) groups excluding carboxylic acids is 1. The van der Waals surface area contributed by atoms with Gasteiger partial charge in [-0.15, -0.1) is 0 Å². The third-order valence-electron chi connectivity index (χ3n) is 13.6. The van der Waals surface area contributed by atoms with Gasteiger partial charge in [-0.25, -0.2) is 0 Å². The molecule has 65 heavy (non-hydrogen) atoms. The van der Waals surface area contributed by atoms with Crippen LogP contribution in [0, 0.1) is 0 Å². The van der Waals surface area contributed by atoms with Crippen molar-refractivity contribution in [3.8, 4) is 0 Å². The highest BCUT2D eigenvalue weighted by atomic mass is 16.3. The Morgan fingerprint density at radius 3 is 1.02 bits per heavy atom. The third-order valence-corrected chi connectivity index (χ3v) is 13.6. The fraction of sp³-hybridized carbons (Fsp3) is 0.852. The number of nitrogens with one attached hydrogen (secondary N) is 1. The van der Waals surface area contributed by atoms with Gasteiger partial charge >= 0.3 is 0 Å². The number of carbonyl (C=O) groups is 1. The molecule has 4 nitrogen and oxygen atoms in total. The normalized spacial score (nSPS) is 13.1. The zero-order valence-corrected chi connectivity index (χ0v) is 44.0. The zero-order valence-electron chi connectivity index (χ0n) is 44.0. The summed E-state index contributed by atoms with van der Waals surface area (Å²) in [5.41, 5.74) is 0. The van der Waals surface area contributed by atoms with Crippen LogP contribution >= 0.6 is 0 Å². The van der Waals surface area contributed by atoms with E-state index >= 15 is 0 Å². The topological polar surface area (TPSA) is 69.6 Å². The van der Waals surface area contributed by atoms with E-state index < -0.39 is 12.1 Å². The number of allylic oxidation sites excluding steroid dienone is 8. The van der Waals surface area contributed by atoms with Gasteiger partial charge in [0, 0.05) is 6.42 Å². The SMILES string of the molecule is CC/C=C\C/C=C\C/C=C\C/C=C\CCCCCCCCCCCCCCCCCCC(=O)NC(CO)C(O)CCCCCCCCCCCCCCCCCCCCCCCCCC. The number of aliphatic hydroxyl groups excluding tert-OH is 2. The maximum absolute atomic E-state index is 12.5. The van der Waals surface area contributed by atoms with Crippen molar-refractivity contribution in [2.24, 2.45) is 0 Å². The summed E-state index contributed by atoms with van der Waals surface area (Å²) in [4.78, 5) is 12.5. The van der Waals surface area contributed by atoms with Gasteiger partial charge in [-0.1, -0.05) is 306 Å². The molecule has 382 valence electrons. The molecule has 2 atom stereocenters. The second kappa shape index (κ2) is 56.7. The summed E-state index contributed by atoms with van der Waals surface area (Å²) in [5.74, 6) is -0.0274. The first-order valence-electron chi connectivity index (χ1n) is 29.3. The van der Waals surface area contributed by atoms with Gasteiger partial charge in [0.15, 0.2) is 0 Å². The summed E-state index contributed by atoms with van der Waals surface area (Å²) < 4.78 is 0. The van der Waals surface area contributed by atoms with Crippen LogP contribution in [-0.4, -0.2) is 34.9 Å². The lowest BCUT2D eigenvalue weighted by Crippen LogP contribution is -2.45. The van der Waals surface area contributed by atoms with Crippen molar-refractivity contribution in [1.29, 1.82) is 0 Å². The predicted octanol–water partition coefficient (Wildman–Crippen LogP) is 19.4. The van der Waals surface area contributed by atoms with Gasteiger partial charge in [0.2, 0.25) is 5.91 Å². The summed E-state index contributed by atoms with van der Waals surface area (Å²) in [6, 6.07) is -0.538. The Hall–Kier alpha value is -1.65. The highest BCUT2D eigenvalue weighted by molar-refractivity contribution is 5.76. The summed E-state index contributed by atoms with van der Waals surface area (Å²) in [5, 5.41) is 23.4. The van der Waals surface area contributed by atoms with Gasteiger partial charge in [0.25, 0.3) is 0 Å². The molecule has 2 unspecified atom stereocenters. The van der Waals surface area contributed by atoms with E-state index in [2.05, 4.69) is 67.8 Å². The van der Waals surface area contributed by atoms with E-state index in [1.165, 1.54) is 238 Å². The molecule has 4 heteroatoms. The molecule has 0 aliphatic carbocycles. The Bertz CT molecular complexity index is 1030. The van der Waals surface area contributed by atoms with Crippen molar-refractivity contribution >= 4 is 5.91 Å². The van der Waals surface area contributed by atoms with Crippen LogP contribution in [0.15, 0.2) is 48.6 Å². The molecule has 0 aromatic carbocycles. The van der Waals surface area contributed by atoms with Crippen molar-refractivity contribution in [3.63, 3.8) is 0 Å². The number of amides is 1. The lowest BCUT2D eigenvalue weighted by atomic mass is 10.0. The van der Waals surface area contributed by atoms with Crippen LogP contribution in [0.1, 0.15) is 316 Å². The second-order valence-electron chi connectivity index (χ2n) is 20.0. The minimum absolute atomic E-state index is 0.0274. The standard InChI is InChI=1S/C61H115NO3/c1-3-5-7-9-11-13-15-17-19-21-23-25-27-29-30-31-32-33-35-37-39-41-43-45-47-49-51-53-55-57-61(65)62-59(58-63)60(64)56-54-52-50-48-46-44-42-40-38-36-34-28-26-24-22-20-18-16-14-12-10-8-6-4-2/h5,7,11,13,17,19,23,25,59-60,63-64H,3-4,6,8-10,12,14-16,18,20-22,24,26-58H2,1-2H3,(H,62,65)/b7-5-,13-11-,19-17-,25-23-. The lowest BCUT2D eigenvalue weighted by molar-refractivity contribution is -0.123. The van der Waals surface area contributed by atoms with Gasteiger partial charge in [-0.2, -0.15) is 0 Å². The summed E-state index contributed by atoms with van der Waals surface area (Å²) >= 11 is 0. The molecule has 0 fully saturated rings. The van der Waals surface area contributed by atoms with Crippen molar-refractivity contribution in [1.82, 2.24) is 5.32 Å². The summed E-state index contributed by atoms with van der Waals surface area (Å²) in [6.45, 7) is 4.28. The Morgan fingerprint density at radius 1 is 0.385 bits per heavy atom. The van der Waals surface area contributed by atoms with Gasteiger partial charge in [-0.05, 0) is 51.4 Å². The molecule has 1 amide bonds. The summed E-state index contributed by atoms with van der Waals surface area (Å²) in [7, 11) is 0. The van der Waals surface area contributed by atoms with Gasteiger partial charge in [0.1, 0.15) is 0 Å². The molecule has 0 saturated heterocycles. The second-order valence-corrected chi connectivity index (χ2v) is 20.0. The van der Waals surface area contributed by atoms with Crippen LogP contribution < -0.4 is 5.32 Å². The molecule has 0 saturated carbocycles. The van der Waals surface area contributed by atoms with Crippen LogP contribution in [0.25, 0.3) is 0 Å². The molecule has 0 rings (SSSR count). The van der Waals surface area contributed by atoms with Gasteiger partial charge in [0.05, 0.1) is 18.8 Å². The van der Waals surface area contributed by atoms with Crippen LogP contribution in [0.3, 0.4) is 0 Å². The van der Waals surface area contributed by atoms with E-state index in [9.17, 15) is 15.0 Å². The highest BCUT2D eigenvalue weighted by Crippen LogP contribution is 2.18. The molecule has 0 radical (unpaired) electrons. The van der Waals surface area contributed by atoms with E-state index in [-0.39, 0.29) is 12.5 Å². The van der Waals surface area contributed by atoms with Crippen molar-refractivity contribution in [2.75, 3.05) is 6.61 Å². The molecular weight excluding hydrogens is 795 g/mol. The lowest BCUT2D eigenvalue weighted by Gasteiger charge is -2.22. The first-order chi connectivity index (χ1) is 32.2. The van der Waals surface area contributed by atoms with Gasteiger partial charge < -0.3 is 15.5 Å². The number of hydrogen-bond donors (Lipinski definition) is 3. The number of hydrogen-bond acceptors (Lipinski definition) is 3. The first kappa shape index (κ1) is 63.4. The fourth-order valence-electron chi connectivity index (χ4n) is 9.18. The van der Waals surface area contributed by atoms with E-state index in [4.69, 9.17) is 0 Å². The van der Waals surface area contributed by atoms with E-state index in [0.29, 0.717) is 12.8 Å². The van der Waals surface area contributed by atoms with Crippen LogP contribution in [0.5, 0.6) is 0 Å². The highest BCUT2D eigenvalue weighted by Gasteiger charge is 2.20. The quantitative estimate of drug-likeness (QED) is 0.0421. The van der Waals surface area contributed by atoms with E-state index in [1.54, 1.807) is 0 Å². The van der Waals surface area contributed by atoms with E-state index in [1.807, 2.05) is 0 Å². The average Bonchev–Trinajstić information content (AvgIpc) is 3.31. The molecule has 0 spiro atoms. The maximum atomic E-state index is 12.5. The monoisotopic (exact) mass is 910 g/mol. The van der Waals surface area contributed by atoms with E-state index in [0.717, 1.165) is 51.4 Å². The minimum atomic E-state index is -0.661. The third kappa shape index (κ3) is 53.2. The first-order valence-corrected chi connectivity index (χ1v) is 29.3. The number of aliphatic hydroxyl groups is 2. The molecule has 0 aromatic heterocycles. The predicted molar refractivity (Wildman–Crippen MR) is 290 cm³/mol. The van der Waals surface area contributed by atoms with Crippen LogP contribution in [0.2, 0.25) is 0 Å². The van der Waals surface area contributed by atoms with Crippen LogP contribution in [0.4, 0.5) is 0 Å². The van der Waals surface area contributed by atoms with Crippen molar-refractivity contribution in [3.05, 3.63) is 48.6 Å². The van der Waals surface area contributed by atoms with Gasteiger partial charge in [-0.3, -0.25) is 4.79 Å². The Labute approximate surface area is 407 Å². The van der Waals surface area contributed by atoms with Crippen LogP contribution in [-0.2, 0) is 4.79 Å². The molecular formula is C61H115NO3. The molecule has 3 N–H and O–H groups in total. The Morgan fingerprint density at radius 2 is 0.677 bits per heavy atom. The molecule has 0 heterocycles. The smallest absolute Gasteiger partial charge is 0.220 e. The number of unbranched alkanes of at least 4 members (excludes halogenated alkanes) is 39. The fourth-order valence-corrected chi connectivity index (χ4v) is 9.18. The Kier molecular flexibility index (Phi) is 55.2.